The van der Waals surface area contributed by atoms with E-state index in [1.165, 1.54) is 31.2 Å². The summed E-state index contributed by atoms with van der Waals surface area (Å²) in [6.07, 6.45) is 5.44. The van der Waals surface area contributed by atoms with Crippen LogP contribution in [0.2, 0.25) is 0 Å². The molecule has 0 bridgehead atoms. The average molecular weight is 277 g/mol. The number of hydrogen-bond acceptors (Lipinski definition) is 3. The molecule has 0 saturated heterocycles. The predicted octanol–water partition coefficient (Wildman–Crippen LogP) is 3.55. The fourth-order valence-electron chi connectivity index (χ4n) is 2.54. The normalized spacial score (nSPS) is 16.7. The molecule has 0 radical (unpaired) electrons. The van der Waals surface area contributed by atoms with Gasteiger partial charge in [-0.3, -0.25) is 0 Å². The van der Waals surface area contributed by atoms with E-state index in [0.29, 0.717) is 6.61 Å². The van der Waals surface area contributed by atoms with Gasteiger partial charge < -0.3 is 14.8 Å². The molecule has 0 spiro atoms. The maximum atomic E-state index is 5.83. The van der Waals surface area contributed by atoms with E-state index in [1.54, 1.807) is 0 Å². The summed E-state index contributed by atoms with van der Waals surface area (Å²) in [5, 5.41) is 3.32. The summed E-state index contributed by atoms with van der Waals surface area (Å²) >= 11 is 0. The van der Waals surface area contributed by atoms with Gasteiger partial charge in [0.1, 0.15) is 5.75 Å². The van der Waals surface area contributed by atoms with Crippen LogP contribution in [0, 0.1) is 5.92 Å². The number of rotatable bonds is 9. The second-order valence-corrected chi connectivity index (χ2v) is 5.50. The molecular formula is C17H27NO2. The molecule has 0 amide bonds. The maximum Gasteiger partial charge on any atom is 0.119 e. The highest BCUT2D eigenvalue weighted by Crippen LogP contribution is 2.29. The van der Waals surface area contributed by atoms with E-state index in [2.05, 4.69) is 17.4 Å². The molecule has 1 aliphatic carbocycles. The van der Waals surface area contributed by atoms with Crippen LogP contribution < -0.4 is 10.1 Å². The molecule has 3 heteroatoms. The molecule has 20 heavy (non-hydrogen) atoms. The SMILES string of the molecule is CCOc1ccc(C(COCCC2CCC2)NC)cc1. The highest BCUT2D eigenvalue weighted by atomic mass is 16.5. The minimum atomic E-state index is 0.257. The fourth-order valence-corrected chi connectivity index (χ4v) is 2.54. The van der Waals surface area contributed by atoms with Crippen molar-refractivity contribution in [1.29, 1.82) is 0 Å². The van der Waals surface area contributed by atoms with Crippen LogP contribution in [0.25, 0.3) is 0 Å². The second kappa shape index (κ2) is 8.28. The number of ether oxygens (including phenoxy) is 2. The summed E-state index contributed by atoms with van der Waals surface area (Å²) in [6, 6.07) is 8.53. The second-order valence-electron chi connectivity index (χ2n) is 5.50. The summed E-state index contributed by atoms with van der Waals surface area (Å²) in [6.45, 7) is 4.33. The van der Waals surface area contributed by atoms with Crippen molar-refractivity contribution in [3.05, 3.63) is 29.8 Å². The zero-order valence-corrected chi connectivity index (χ0v) is 12.7. The Kier molecular flexibility index (Phi) is 6.34. The van der Waals surface area contributed by atoms with Crippen LogP contribution in [0.4, 0.5) is 0 Å². The van der Waals surface area contributed by atoms with Crippen molar-refractivity contribution in [3.63, 3.8) is 0 Å². The van der Waals surface area contributed by atoms with Crippen LogP contribution in [0.15, 0.2) is 24.3 Å². The Hall–Kier alpha value is -1.06. The first kappa shape index (κ1) is 15.3. The highest BCUT2D eigenvalue weighted by molar-refractivity contribution is 5.29. The lowest BCUT2D eigenvalue weighted by Gasteiger charge is -2.25. The third-order valence-corrected chi connectivity index (χ3v) is 4.12. The van der Waals surface area contributed by atoms with Crippen LogP contribution in [-0.2, 0) is 4.74 Å². The monoisotopic (exact) mass is 277 g/mol. The molecule has 1 aromatic rings. The molecule has 0 aliphatic heterocycles. The Labute approximate surface area is 122 Å². The number of hydrogen-bond donors (Lipinski definition) is 1. The van der Waals surface area contributed by atoms with Crippen LogP contribution >= 0.6 is 0 Å². The minimum Gasteiger partial charge on any atom is -0.494 e. The van der Waals surface area contributed by atoms with E-state index < -0.39 is 0 Å². The molecule has 1 unspecified atom stereocenters. The van der Waals surface area contributed by atoms with Crippen LogP contribution in [0.3, 0.4) is 0 Å². The molecule has 1 saturated carbocycles. The largest absolute Gasteiger partial charge is 0.494 e. The van der Waals surface area contributed by atoms with Crippen molar-refractivity contribution in [3.8, 4) is 5.75 Å². The van der Waals surface area contributed by atoms with Gasteiger partial charge in [0.05, 0.1) is 19.3 Å². The Morgan fingerprint density at radius 3 is 2.55 bits per heavy atom. The lowest BCUT2D eigenvalue weighted by Crippen LogP contribution is -2.23. The average Bonchev–Trinajstić information content (AvgIpc) is 2.42. The van der Waals surface area contributed by atoms with E-state index in [0.717, 1.165) is 24.9 Å². The molecule has 2 rings (SSSR count). The van der Waals surface area contributed by atoms with E-state index in [-0.39, 0.29) is 6.04 Å². The van der Waals surface area contributed by atoms with Crippen molar-refractivity contribution >= 4 is 0 Å². The van der Waals surface area contributed by atoms with Gasteiger partial charge in [-0.1, -0.05) is 31.4 Å². The van der Waals surface area contributed by atoms with Gasteiger partial charge >= 0.3 is 0 Å². The number of likely N-dealkylation sites (N-methyl/N-ethyl adjacent to an activating group) is 1. The summed E-state index contributed by atoms with van der Waals surface area (Å²) < 4.78 is 11.3. The smallest absolute Gasteiger partial charge is 0.119 e. The van der Waals surface area contributed by atoms with E-state index >= 15 is 0 Å². The highest BCUT2D eigenvalue weighted by Gasteiger charge is 2.17. The Balaban J connectivity index is 1.74. The van der Waals surface area contributed by atoms with Crippen molar-refractivity contribution in [2.75, 3.05) is 26.9 Å². The van der Waals surface area contributed by atoms with Gasteiger partial charge in [-0.2, -0.15) is 0 Å². The van der Waals surface area contributed by atoms with Gasteiger partial charge in [0.2, 0.25) is 0 Å². The maximum absolute atomic E-state index is 5.83. The van der Waals surface area contributed by atoms with Gasteiger partial charge in [-0.15, -0.1) is 0 Å². The zero-order valence-electron chi connectivity index (χ0n) is 12.7. The van der Waals surface area contributed by atoms with Crippen molar-refractivity contribution in [1.82, 2.24) is 5.32 Å². The van der Waals surface area contributed by atoms with Gasteiger partial charge in [-0.25, -0.2) is 0 Å². The molecular weight excluding hydrogens is 250 g/mol. The first-order chi connectivity index (χ1) is 9.83. The number of nitrogens with one attached hydrogen (secondary N) is 1. The molecule has 1 fully saturated rings. The standard InChI is InChI=1S/C17H27NO2/c1-3-20-16-9-7-15(8-10-16)17(18-2)13-19-12-11-14-5-4-6-14/h7-10,14,17-18H,3-6,11-13H2,1-2H3. The lowest BCUT2D eigenvalue weighted by atomic mass is 9.83. The molecule has 1 N–H and O–H groups in total. The van der Waals surface area contributed by atoms with Crippen molar-refractivity contribution < 1.29 is 9.47 Å². The van der Waals surface area contributed by atoms with Gasteiger partial charge in [0.15, 0.2) is 0 Å². The predicted molar refractivity (Wildman–Crippen MR) is 82.2 cm³/mol. The molecule has 112 valence electrons. The van der Waals surface area contributed by atoms with Crippen LogP contribution in [0.1, 0.15) is 44.2 Å². The molecule has 1 aliphatic rings. The summed E-state index contributed by atoms with van der Waals surface area (Å²) in [7, 11) is 1.98. The van der Waals surface area contributed by atoms with Crippen LogP contribution in [0.5, 0.6) is 5.75 Å². The van der Waals surface area contributed by atoms with Crippen molar-refractivity contribution in [2.45, 2.75) is 38.6 Å². The minimum absolute atomic E-state index is 0.257. The van der Waals surface area contributed by atoms with Gasteiger partial charge in [-0.05, 0) is 44.0 Å². The summed E-state index contributed by atoms with van der Waals surface area (Å²) in [5.74, 6) is 1.85. The molecule has 0 aromatic heterocycles. The van der Waals surface area contributed by atoms with Gasteiger partial charge in [0.25, 0.3) is 0 Å². The quantitative estimate of drug-likeness (QED) is 0.700. The van der Waals surface area contributed by atoms with E-state index in [1.807, 2.05) is 26.1 Å². The van der Waals surface area contributed by atoms with Crippen LogP contribution in [-0.4, -0.2) is 26.9 Å². The Bertz CT molecular complexity index is 373. The Morgan fingerprint density at radius 1 is 1.25 bits per heavy atom. The summed E-state index contributed by atoms with van der Waals surface area (Å²) in [4.78, 5) is 0. The Morgan fingerprint density at radius 2 is 2.00 bits per heavy atom. The molecule has 1 atom stereocenters. The molecule has 0 heterocycles. The topological polar surface area (TPSA) is 30.5 Å². The molecule has 1 aromatic carbocycles. The fraction of sp³-hybridized carbons (Fsp3) is 0.647. The molecule has 3 nitrogen and oxygen atoms in total. The van der Waals surface area contributed by atoms with E-state index in [9.17, 15) is 0 Å². The first-order valence-corrected chi connectivity index (χ1v) is 7.81. The third kappa shape index (κ3) is 4.50. The van der Waals surface area contributed by atoms with Crippen molar-refractivity contribution in [2.24, 2.45) is 5.92 Å². The third-order valence-electron chi connectivity index (χ3n) is 4.12. The summed E-state index contributed by atoms with van der Waals surface area (Å²) in [5.41, 5.74) is 1.25. The lowest BCUT2D eigenvalue weighted by molar-refractivity contribution is 0.0904. The number of benzene rings is 1. The zero-order chi connectivity index (χ0) is 14.2. The van der Waals surface area contributed by atoms with Gasteiger partial charge in [0, 0.05) is 6.61 Å². The van der Waals surface area contributed by atoms with E-state index in [4.69, 9.17) is 9.47 Å². The first-order valence-electron chi connectivity index (χ1n) is 7.81.